The fraction of sp³-hybridized carbons (Fsp3) is 0.286. The first kappa shape index (κ1) is 14.4. The van der Waals surface area contributed by atoms with Crippen molar-refractivity contribution >= 4 is 61.6 Å². The molecule has 0 fully saturated rings. The van der Waals surface area contributed by atoms with Crippen molar-refractivity contribution < 1.29 is 0 Å². The van der Waals surface area contributed by atoms with Crippen LogP contribution in [0.25, 0.3) is 21.5 Å². The Hall–Kier alpha value is -0.490. The summed E-state index contributed by atoms with van der Waals surface area (Å²) < 4.78 is 9.56. The van der Waals surface area contributed by atoms with Crippen LogP contribution in [0.5, 0.6) is 0 Å². The zero-order valence-electron chi connectivity index (χ0n) is 11.0. The predicted octanol–water partition coefficient (Wildman–Crippen LogP) is 6.03. The number of hydrogen-bond donors (Lipinski definition) is 0. The maximum atomic E-state index is 6.29. The Bertz CT molecular complexity index is 764. The van der Waals surface area contributed by atoms with Crippen LogP contribution in [0.4, 0.5) is 0 Å². The Kier molecular flexibility index (Phi) is 4.13. The number of nitrogens with zero attached hydrogens (tertiary/aromatic N) is 2. The summed E-state index contributed by atoms with van der Waals surface area (Å²) in [6.07, 6.45) is 1.10. The van der Waals surface area contributed by atoms with Gasteiger partial charge in [-0.3, -0.25) is 0 Å². The molecule has 0 aliphatic carbocycles. The maximum absolute atomic E-state index is 6.29. The molecule has 0 spiro atoms. The highest BCUT2D eigenvalue weighted by Gasteiger charge is 2.15. The molecule has 1 aromatic carbocycles. The number of fused-ring (bicyclic) bond motifs is 1. The molecule has 0 bridgehead atoms. The summed E-state index contributed by atoms with van der Waals surface area (Å²) in [6, 6.07) is 4.21. The van der Waals surface area contributed by atoms with E-state index in [9.17, 15) is 0 Å². The minimum Gasteiger partial charge on any atom is -0.172 e. The molecule has 6 heteroatoms. The number of aromatic nitrogens is 2. The second-order valence-electron chi connectivity index (χ2n) is 5.10. The van der Waals surface area contributed by atoms with Gasteiger partial charge in [0.05, 0.1) is 21.2 Å². The van der Waals surface area contributed by atoms with Crippen LogP contribution in [0.15, 0.2) is 22.0 Å². The van der Waals surface area contributed by atoms with Gasteiger partial charge in [0.15, 0.2) is 0 Å². The fourth-order valence-corrected chi connectivity index (χ4v) is 4.38. The molecule has 0 saturated carbocycles. The van der Waals surface area contributed by atoms with Crippen molar-refractivity contribution in [1.29, 1.82) is 0 Å². The average Bonchev–Trinajstić information content (AvgIpc) is 3.02. The number of thiophene rings is 1. The van der Waals surface area contributed by atoms with Crippen LogP contribution < -0.4 is 0 Å². The van der Waals surface area contributed by atoms with Gasteiger partial charge in [-0.1, -0.05) is 25.4 Å². The number of halogens is 2. The summed E-state index contributed by atoms with van der Waals surface area (Å²) in [4.78, 5) is 1.20. The fourth-order valence-electron chi connectivity index (χ4n) is 2.16. The Morgan fingerprint density at radius 2 is 2.00 bits per heavy atom. The molecule has 2 aromatic heterocycles. The van der Waals surface area contributed by atoms with E-state index in [2.05, 4.69) is 50.0 Å². The van der Waals surface area contributed by atoms with Crippen LogP contribution in [0.3, 0.4) is 0 Å². The van der Waals surface area contributed by atoms with Crippen molar-refractivity contribution in [3.05, 3.63) is 32.6 Å². The Labute approximate surface area is 139 Å². The first-order valence-corrected chi connectivity index (χ1v) is 9.02. The topological polar surface area (TPSA) is 25.8 Å². The van der Waals surface area contributed by atoms with Crippen LogP contribution in [-0.2, 0) is 6.42 Å². The van der Waals surface area contributed by atoms with Crippen molar-refractivity contribution in [3.8, 4) is 10.4 Å². The van der Waals surface area contributed by atoms with Crippen LogP contribution in [0.2, 0.25) is 5.02 Å². The van der Waals surface area contributed by atoms with E-state index in [0.717, 1.165) is 27.5 Å². The van der Waals surface area contributed by atoms with Gasteiger partial charge in [-0.25, -0.2) is 0 Å². The molecule has 0 saturated heterocycles. The summed E-state index contributed by atoms with van der Waals surface area (Å²) in [6.45, 7) is 4.47. The highest BCUT2D eigenvalue weighted by atomic mass is 79.9. The SMILES string of the molecule is CC(C)Cc1csc(-c2cc(Cl)c(Br)c3nsnc23)c1. The van der Waals surface area contributed by atoms with E-state index in [1.807, 2.05) is 6.07 Å². The van der Waals surface area contributed by atoms with Gasteiger partial charge < -0.3 is 0 Å². The highest BCUT2D eigenvalue weighted by molar-refractivity contribution is 9.10. The molecule has 0 aliphatic heterocycles. The summed E-state index contributed by atoms with van der Waals surface area (Å²) in [5, 5.41) is 2.90. The summed E-state index contributed by atoms with van der Waals surface area (Å²) in [5.41, 5.74) is 4.21. The predicted molar refractivity (Wildman–Crippen MR) is 92.0 cm³/mol. The first-order chi connectivity index (χ1) is 9.56. The molecule has 104 valence electrons. The first-order valence-electron chi connectivity index (χ1n) is 6.24. The molecule has 2 heterocycles. The van der Waals surface area contributed by atoms with E-state index >= 15 is 0 Å². The lowest BCUT2D eigenvalue weighted by molar-refractivity contribution is 0.649. The third kappa shape index (κ3) is 2.64. The molecule has 0 atom stereocenters. The molecule has 20 heavy (non-hydrogen) atoms. The lowest BCUT2D eigenvalue weighted by Gasteiger charge is -2.03. The summed E-state index contributed by atoms with van der Waals surface area (Å²) in [7, 11) is 0. The molecule has 3 rings (SSSR count). The van der Waals surface area contributed by atoms with Gasteiger partial charge in [0.2, 0.25) is 0 Å². The van der Waals surface area contributed by atoms with Gasteiger partial charge >= 0.3 is 0 Å². The molecule has 0 unspecified atom stereocenters. The zero-order chi connectivity index (χ0) is 14.3. The molecule has 0 amide bonds. The lowest BCUT2D eigenvalue weighted by atomic mass is 10.0. The summed E-state index contributed by atoms with van der Waals surface area (Å²) >= 11 is 12.7. The molecular formula is C14H12BrClN2S2. The minimum absolute atomic E-state index is 0.659. The lowest BCUT2D eigenvalue weighted by Crippen LogP contribution is -1.90. The Balaban J connectivity index is 2.12. The second-order valence-corrected chi connectivity index (χ2v) is 7.74. The van der Waals surface area contributed by atoms with E-state index in [1.165, 1.54) is 22.2 Å². The van der Waals surface area contributed by atoms with Crippen LogP contribution >= 0.6 is 50.6 Å². The third-order valence-electron chi connectivity index (χ3n) is 3.00. The normalized spacial score (nSPS) is 11.7. The number of hydrogen-bond acceptors (Lipinski definition) is 4. The zero-order valence-corrected chi connectivity index (χ0v) is 15.0. The molecule has 0 N–H and O–H groups in total. The molecule has 0 aliphatic rings. The monoisotopic (exact) mass is 386 g/mol. The van der Waals surface area contributed by atoms with Gasteiger partial charge in [0, 0.05) is 10.4 Å². The van der Waals surface area contributed by atoms with Gasteiger partial charge in [-0.05, 0) is 51.3 Å². The quantitative estimate of drug-likeness (QED) is 0.548. The van der Waals surface area contributed by atoms with Crippen molar-refractivity contribution in [3.63, 3.8) is 0 Å². The Morgan fingerprint density at radius 1 is 1.25 bits per heavy atom. The van der Waals surface area contributed by atoms with Crippen molar-refractivity contribution in [2.24, 2.45) is 5.92 Å². The maximum Gasteiger partial charge on any atom is 0.121 e. The molecular weight excluding hydrogens is 376 g/mol. The largest absolute Gasteiger partial charge is 0.172 e. The summed E-state index contributed by atoms with van der Waals surface area (Å²) in [5.74, 6) is 0.659. The van der Waals surface area contributed by atoms with Gasteiger partial charge in [-0.2, -0.15) is 8.75 Å². The van der Waals surface area contributed by atoms with E-state index < -0.39 is 0 Å². The third-order valence-corrected chi connectivity index (χ3v) is 5.87. The van der Waals surface area contributed by atoms with Crippen LogP contribution in [-0.4, -0.2) is 8.75 Å². The number of benzene rings is 1. The Morgan fingerprint density at radius 3 is 2.75 bits per heavy atom. The average molecular weight is 388 g/mol. The van der Waals surface area contributed by atoms with Crippen LogP contribution in [0, 0.1) is 5.92 Å². The van der Waals surface area contributed by atoms with Crippen molar-refractivity contribution in [2.75, 3.05) is 0 Å². The van der Waals surface area contributed by atoms with E-state index in [1.54, 1.807) is 11.3 Å². The van der Waals surface area contributed by atoms with Gasteiger partial charge in [-0.15, -0.1) is 11.3 Å². The number of rotatable bonds is 3. The smallest absolute Gasteiger partial charge is 0.121 e. The molecule has 0 radical (unpaired) electrons. The van der Waals surface area contributed by atoms with E-state index in [-0.39, 0.29) is 0 Å². The van der Waals surface area contributed by atoms with E-state index in [0.29, 0.717) is 10.9 Å². The van der Waals surface area contributed by atoms with Crippen molar-refractivity contribution in [1.82, 2.24) is 8.75 Å². The van der Waals surface area contributed by atoms with E-state index in [4.69, 9.17) is 11.6 Å². The van der Waals surface area contributed by atoms with Gasteiger partial charge in [0.1, 0.15) is 11.0 Å². The molecule has 3 aromatic rings. The minimum atomic E-state index is 0.659. The highest BCUT2D eigenvalue weighted by Crippen LogP contribution is 2.39. The standard InChI is InChI=1S/C14H12BrClN2S2/c1-7(2)3-8-4-11(19-6-8)9-5-10(16)12(15)14-13(9)17-20-18-14/h4-7H,3H2,1-2H3. The van der Waals surface area contributed by atoms with Crippen LogP contribution in [0.1, 0.15) is 19.4 Å². The van der Waals surface area contributed by atoms with Crippen molar-refractivity contribution in [2.45, 2.75) is 20.3 Å². The second kappa shape index (κ2) is 5.72. The molecule has 2 nitrogen and oxygen atoms in total. The van der Waals surface area contributed by atoms with Gasteiger partial charge in [0.25, 0.3) is 0 Å².